The van der Waals surface area contributed by atoms with Crippen LogP contribution in [0.1, 0.15) is 33.0 Å². The van der Waals surface area contributed by atoms with Gasteiger partial charge in [0.1, 0.15) is 5.82 Å². The molecule has 0 fully saturated rings. The van der Waals surface area contributed by atoms with Crippen LogP contribution in [0, 0.1) is 0 Å². The Bertz CT molecular complexity index is 1090. The number of imide groups is 1. The number of carbonyl (C=O) groups is 3. The minimum absolute atomic E-state index is 0.0596. The van der Waals surface area contributed by atoms with E-state index in [2.05, 4.69) is 4.98 Å². The van der Waals surface area contributed by atoms with Gasteiger partial charge in [-0.25, -0.2) is 18.2 Å². The molecule has 1 aromatic carbocycles. The molecule has 0 bridgehead atoms. The van der Waals surface area contributed by atoms with Crippen LogP contribution in [0.2, 0.25) is 0 Å². The summed E-state index contributed by atoms with van der Waals surface area (Å²) < 4.78 is 33.6. The second-order valence-electron chi connectivity index (χ2n) is 6.81. The molecule has 1 aromatic heterocycles. The third-order valence-electron chi connectivity index (χ3n) is 4.76. The number of nitrogens with one attached hydrogen (secondary N) is 1. The molecule has 0 aliphatic heterocycles. The molecule has 1 heterocycles. The third-order valence-corrected chi connectivity index (χ3v) is 6.81. The standard InChI is InChI=1S/C19H27N5O6S/c1-5-24(6-2)31(28,29)13-7-8-15-14(11-13)21-16(23(15)4)9-10-17(25)30-12(3)18(26)22-19(20)27/h7-8,11-12H,5-6,9-10H2,1-4H3,(H3,20,22,26,27). The summed E-state index contributed by atoms with van der Waals surface area (Å²) in [6.07, 6.45) is -1.02. The van der Waals surface area contributed by atoms with Crippen molar-refractivity contribution in [1.82, 2.24) is 19.2 Å². The molecule has 0 saturated heterocycles. The maximum Gasteiger partial charge on any atom is 0.318 e. The summed E-state index contributed by atoms with van der Waals surface area (Å²) in [5.74, 6) is -0.909. The number of ether oxygens (including phenoxy) is 1. The zero-order valence-corrected chi connectivity index (χ0v) is 18.7. The fraction of sp³-hybridized carbons (Fsp3) is 0.474. The number of sulfonamides is 1. The summed E-state index contributed by atoms with van der Waals surface area (Å²) in [5, 5.41) is 1.84. The van der Waals surface area contributed by atoms with Crippen molar-refractivity contribution in [3.8, 4) is 0 Å². The van der Waals surface area contributed by atoms with E-state index in [1.54, 1.807) is 31.5 Å². The molecule has 0 aliphatic rings. The molecule has 0 spiro atoms. The molecule has 0 aliphatic carbocycles. The highest BCUT2D eigenvalue weighted by Gasteiger charge is 2.23. The van der Waals surface area contributed by atoms with Gasteiger partial charge in [-0.1, -0.05) is 13.8 Å². The van der Waals surface area contributed by atoms with Crippen molar-refractivity contribution < 1.29 is 27.5 Å². The van der Waals surface area contributed by atoms with E-state index in [9.17, 15) is 22.8 Å². The first kappa shape index (κ1) is 24.3. The number of fused-ring (bicyclic) bond motifs is 1. The Balaban J connectivity index is 2.14. The van der Waals surface area contributed by atoms with Gasteiger partial charge in [-0.15, -0.1) is 0 Å². The number of carbonyl (C=O) groups excluding carboxylic acids is 3. The topological polar surface area (TPSA) is 154 Å². The highest BCUT2D eigenvalue weighted by atomic mass is 32.2. The van der Waals surface area contributed by atoms with Crippen LogP contribution in [0.15, 0.2) is 23.1 Å². The van der Waals surface area contributed by atoms with Crippen LogP contribution in [-0.4, -0.2) is 59.4 Å². The number of amides is 3. The van der Waals surface area contributed by atoms with Crippen molar-refractivity contribution in [1.29, 1.82) is 0 Å². The number of aromatic nitrogens is 2. The smallest absolute Gasteiger partial charge is 0.318 e. The molecule has 1 unspecified atom stereocenters. The maximum atomic E-state index is 12.7. The number of esters is 1. The van der Waals surface area contributed by atoms with Crippen molar-refractivity contribution in [3.05, 3.63) is 24.0 Å². The van der Waals surface area contributed by atoms with Gasteiger partial charge in [0.05, 0.1) is 22.3 Å². The number of benzene rings is 1. The van der Waals surface area contributed by atoms with Gasteiger partial charge >= 0.3 is 12.0 Å². The second kappa shape index (κ2) is 9.88. The van der Waals surface area contributed by atoms with Gasteiger partial charge in [0, 0.05) is 26.6 Å². The first-order valence-corrected chi connectivity index (χ1v) is 11.2. The van der Waals surface area contributed by atoms with E-state index in [1.807, 2.05) is 5.32 Å². The SMILES string of the molecule is CCN(CC)S(=O)(=O)c1ccc2c(c1)nc(CCC(=O)OC(C)C(=O)NC(N)=O)n2C. The summed E-state index contributed by atoms with van der Waals surface area (Å²) >= 11 is 0. The molecular formula is C19H27N5O6S. The van der Waals surface area contributed by atoms with Gasteiger partial charge in [-0.05, 0) is 25.1 Å². The van der Waals surface area contributed by atoms with E-state index < -0.39 is 34.0 Å². The molecule has 1 atom stereocenters. The van der Waals surface area contributed by atoms with Gasteiger partial charge in [-0.2, -0.15) is 4.31 Å². The lowest BCUT2D eigenvalue weighted by Crippen LogP contribution is -2.42. The first-order chi connectivity index (χ1) is 14.5. The number of nitrogens with zero attached hydrogens (tertiary/aromatic N) is 3. The quantitative estimate of drug-likeness (QED) is 0.529. The average Bonchev–Trinajstić information content (AvgIpc) is 3.01. The van der Waals surface area contributed by atoms with Crippen molar-refractivity contribution in [2.45, 2.75) is 44.6 Å². The highest BCUT2D eigenvalue weighted by molar-refractivity contribution is 7.89. The molecule has 170 valence electrons. The number of urea groups is 1. The van der Waals surface area contributed by atoms with E-state index in [1.165, 1.54) is 23.4 Å². The summed E-state index contributed by atoms with van der Waals surface area (Å²) in [4.78, 5) is 38.9. The lowest BCUT2D eigenvalue weighted by molar-refractivity contribution is -0.154. The van der Waals surface area contributed by atoms with Crippen LogP contribution < -0.4 is 11.1 Å². The average molecular weight is 454 g/mol. The summed E-state index contributed by atoms with van der Waals surface area (Å²) in [5.41, 5.74) is 6.07. The first-order valence-electron chi connectivity index (χ1n) is 9.76. The summed E-state index contributed by atoms with van der Waals surface area (Å²) in [7, 11) is -1.85. The zero-order chi connectivity index (χ0) is 23.3. The fourth-order valence-electron chi connectivity index (χ4n) is 3.07. The number of hydrogen-bond acceptors (Lipinski definition) is 7. The van der Waals surface area contributed by atoms with Crippen molar-refractivity contribution in [2.75, 3.05) is 13.1 Å². The van der Waals surface area contributed by atoms with E-state index in [-0.39, 0.29) is 17.7 Å². The van der Waals surface area contributed by atoms with Crippen LogP contribution in [0.4, 0.5) is 4.79 Å². The van der Waals surface area contributed by atoms with Crippen LogP contribution in [0.25, 0.3) is 11.0 Å². The Morgan fingerprint density at radius 1 is 1.26 bits per heavy atom. The highest BCUT2D eigenvalue weighted by Crippen LogP contribution is 2.22. The molecule has 2 aromatic rings. The predicted octanol–water partition coefficient (Wildman–Crippen LogP) is 0.663. The van der Waals surface area contributed by atoms with Crippen LogP contribution in [0.3, 0.4) is 0 Å². The molecule has 0 radical (unpaired) electrons. The molecule has 31 heavy (non-hydrogen) atoms. The molecule has 11 nitrogen and oxygen atoms in total. The molecule has 0 saturated carbocycles. The third kappa shape index (κ3) is 5.58. The van der Waals surface area contributed by atoms with Gasteiger partial charge < -0.3 is 15.0 Å². The lowest BCUT2D eigenvalue weighted by atomic mass is 10.3. The van der Waals surface area contributed by atoms with E-state index >= 15 is 0 Å². The van der Waals surface area contributed by atoms with Crippen molar-refractivity contribution in [3.63, 3.8) is 0 Å². The normalized spacial score (nSPS) is 12.7. The van der Waals surface area contributed by atoms with Gasteiger partial charge in [-0.3, -0.25) is 14.9 Å². The van der Waals surface area contributed by atoms with E-state index in [0.717, 1.165) is 5.52 Å². The fourth-order valence-corrected chi connectivity index (χ4v) is 4.55. The number of hydrogen-bond donors (Lipinski definition) is 2. The van der Waals surface area contributed by atoms with E-state index in [0.29, 0.717) is 24.4 Å². The lowest BCUT2D eigenvalue weighted by Gasteiger charge is -2.18. The van der Waals surface area contributed by atoms with Crippen molar-refractivity contribution >= 4 is 39.0 Å². The minimum Gasteiger partial charge on any atom is -0.453 e. The van der Waals surface area contributed by atoms with Crippen LogP contribution in [0.5, 0.6) is 0 Å². The Hall–Kier alpha value is -2.99. The van der Waals surface area contributed by atoms with Gasteiger partial charge in [0.25, 0.3) is 5.91 Å². The number of nitrogens with two attached hydrogens (primary N) is 1. The zero-order valence-electron chi connectivity index (χ0n) is 17.9. The van der Waals surface area contributed by atoms with Crippen LogP contribution >= 0.6 is 0 Å². The van der Waals surface area contributed by atoms with E-state index in [4.69, 9.17) is 10.5 Å². The van der Waals surface area contributed by atoms with Gasteiger partial charge in [0.15, 0.2) is 6.10 Å². The second-order valence-corrected chi connectivity index (χ2v) is 8.75. The van der Waals surface area contributed by atoms with Crippen LogP contribution in [-0.2, 0) is 37.8 Å². The molecule has 2 rings (SSSR count). The summed E-state index contributed by atoms with van der Waals surface area (Å²) in [6, 6.07) is 3.70. The largest absolute Gasteiger partial charge is 0.453 e. The Labute approximate surface area is 180 Å². The number of imidazole rings is 1. The molecule has 3 amide bonds. The Morgan fingerprint density at radius 3 is 2.48 bits per heavy atom. The minimum atomic E-state index is -3.61. The monoisotopic (exact) mass is 453 g/mol. The maximum absolute atomic E-state index is 12.7. The Morgan fingerprint density at radius 2 is 1.90 bits per heavy atom. The molecule has 3 N–H and O–H groups in total. The number of rotatable bonds is 9. The van der Waals surface area contributed by atoms with Crippen molar-refractivity contribution in [2.24, 2.45) is 12.8 Å². The predicted molar refractivity (Wildman–Crippen MR) is 112 cm³/mol. The molecular weight excluding hydrogens is 426 g/mol. The number of primary amides is 1. The summed E-state index contributed by atoms with van der Waals surface area (Å²) in [6.45, 7) is 5.60. The number of aryl methyl sites for hydroxylation is 2. The Kier molecular flexibility index (Phi) is 7.74. The molecule has 12 heteroatoms. The van der Waals surface area contributed by atoms with Gasteiger partial charge in [0.2, 0.25) is 10.0 Å².